The summed E-state index contributed by atoms with van der Waals surface area (Å²) in [5.41, 5.74) is 6.99. The lowest BCUT2D eigenvalue weighted by atomic mass is 10.2. The Labute approximate surface area is 132 Å². The van der Waals surface area contributed by atoms with Crippen LogP contribution in [0.4, 0.5) is 11.8 Å². The minimum Gasteiger partial charge on any atom is -0.368 e. The molecule has 0 bridgehead atoms. The zero-order valence-electron chi connectivity index (χ0n) is 11.8. The molecule has 0 spiro atoms. The highest BCUT2D eigenvalue weighted by Gasteiger charge is 2.13. The number of hydrogen-bond acceptors (Lipinski definition) is 5. The first-order chi connectivity index (χ1) is 10.0. The topological polar surface area (TPSA) is 55.0 Å². The molecule has 2 heterocycles. The number of aryl methyl sites for hydroxylation is 1. The largest absolute Gasteiger partial charge is 0.368 e. The molecule has 6 heteroatoms. The van der Waals surface area contributed by atoms with Crippen molar-refractivity contribution in [2.75, 3.05) is 17.7 Å². The number of anilines is 2. The fraction of sp³-hybridized carbons (Fsp3) is 0.200. The fourth-order valence-electron chi connectivity index (χ4n) is 2.27. The highest BCUT2D eigenvalue weighted by atomic mass is 35.5. The second kappa shape index (κ2) is 5.50. The van der Waals surface area contributed by atoms with Crippen LogP contribution >= 0.6 is 22.9 Å². The van der Waals surface area contributed by atoms with E-state index in [1.807, 2.05) is 31.3 Å². The molecule has 2 N–H and O–H groups in total. The van der Waals surface area contributed by atoms with E-state index in [-0.39, 0.29) is 0 Å². The van der Waals surface area contributed by atoms with Crippen LogP contribution in [0, 0.1) is 6.92 Å². The van der Waals surface area contributed by atoms with Crippen LogP contribution in [-0.2, 0) is 6.54 Å². The molecule has 0 fully saturated rings. The van der Waals surface area contributed by atoms with E-state index in [0.717, 1.165) is 27.6 Å². The van der Waals surface area contributed by atoms with Gasteiger partial charge in [-0.3, -0.25) is 0 Å². The van der Waals surface area contributed by atoms with Crippen molar-refractivity contribution in [1.82, 2.24) is 9.97 Å². The molecule has 0 saturated heterocycles. The molecular formula is C15H15ClN4S. The minimum atomic E-state index is 0.308. The van der Waals surface area contributed by atoms with Gasteiger partial charge in [0.15, 0.2) is 0 Å². The minimum absolute atomic E-state index is 0.308. The van der Waals surface area contributed by atoms with Gasteiger partial charge in [-0.1, -0.05) is 23.7 Å². The van der Waals surface area contributed by atoms with E-state index >= 15 is 0 Å². The third-order valence-electron chi connectivity index (χ3n) is 3.21. The Morgan fingerprint density at radius 3 is 2.67 bits per heavy atom. The molecule has 21 heavy (non-hydrogen) atoms. The molecule has 2 aromatic heterocycles. The maximum atomic E-state index is 5.92. The zero-order valence-corrected chi connectivity index (χ0v) is 13.4. The third kappa shape index (κ3) is 2.94. The molecule has 0 unspecified atom stereocenters. The molecular weight excluding hydrogens is 304 g/mol. The molecule has 0 radical (unpaired) electrons. The van der Waals surface area contributed by atoms with Gasteiger partial charge in [-0.25, -0.2) is 4.98 Å². The van der Waals surface area contributed by atoms with Crippen LogP contribution in [-0.4, -0.2) is 17.0 Å². The summed E-state index contributed by atoms with van der Waals surface area (Å²) in [6.07, 6.45) is 0. The lowest BCUT2D eigenvalue weighted by Gasteiger charge is -2.19. The van der Waals surface area contributed by atoms with Gasteiger partial charge in [-0.05, 0) is 30.7 Å². The van der Waals surface area contributed by atoms with Crippen LogP contribution in [0.5, 0.6) is 0 Å². The van der Waals surface area contributed by atoms with Crippen molar-refractivity contribution in [2.45, 2.75) is 13.5 Å². The Hall–Kier alpha value is -1.85. The van der Waals surface area contributed by atoms with Crippen LogP contribution < -0.4 is 10.6 Å². The van der Waals surface area contributed by atoms with Crippen molar-refractivity contribution in [3.63, 3.8) is 0 Å². The Morgan fingerprint density at radius 1 is 1.24 bits per heavy atom. The van der Waals surface area contributed by atoms with E-state index < -0.39 is 0 Å². The number of halogens is 1. The van der Waals surface area contributed by atoms with Crippen molar-refractivity contribution < 1.29 is 0 Å². The van der Waals surface area contributed by atoms with E-state index in [4.69, 9.17) is 17.3 Å². The SMILES string of the molecule is Cc1cc2c(N(C)Cc3ccc(Cl)cc3)nc(N)nc2s1. The molecule has 0 saturated carbocycles. The van der Waals surface area contributed by atoms with Crippen LogP contribution in [0.15, 0.2) is 30.3 Å². The standard InChI is InChI=1S/C15H15ClN4S/c1-9-7-12-13(18-15(17)19-14(12)21-9)20(2)8-10-3-5-11(16)6-4-10/h3-7H,8H2,1-2H3,(H2,17,18,19). The Bertz CT molecular complexity index is 782. The normalized spacial score (nSPS) is 11.0. The van der Waals surface area contributed by atoms with Gasteiger partial charge in [0, 0.05) is 23.5 Å². The molecule has 0 aliphatic rings. The highest BCUT2D eigenvalue weighted by Crippen LogP contribution is 2.31. The number of hydrogen-bond donors (Lipinski definition) is 1. The number of rotatable bonds is 3. The van der Waals surface area contributed by atoms with E-state index in [0.29, 0.717) is 5.95 Å². The van der Waals surface area contributed by atoms with Gasteiger partial charge in [0.2, 0.25) is 5.95 Å². The van der Waals surface area contributed by atoms with E-state index in [9.17, 15) is 0 Å². The summed E-state index contributed by atoms with van der Waals surface area (Å²) in [7, 11) is 2.00. The number of aromatic nitrogens is 2. The molecule has 0 atom stereocenters. The van der Waals surface area contributed by atoms with Gasteiger partial charge in [-0.2, -0.15) is 4.98 Å². The molecule has 3 rings (SSSR count). The summed E-state index contributed by atoms with van der Waals surface area (Å²) in [6, 6.07) is 9.92. The van der Waals surface area contributed by atoms with E-state index in [1.165, 1.54) is 10.4 Å². The van der Waals surface area contributed by atoms with Crippen molar-refractivity contribution in [2.24, 2.45) is 0 Å². The molecule has 1 aromatic carbocycles. The van der Waals surface area contributed by atoms with Crippen LogP contribution in [0.25, 0.3) is 10.2 Å². The van der Waals surface area contributed by atoms with Gasteiger partial charge in [0.1, 0.15) is 10.6 Å². The maximum Gasteiger partial charge on any atom is 0.223 e. The predicted molar refractivity (Wildman–Crippen MR) is 90.1 cm³/mol. The van der Waals surface area contributed by atoms with Crippen molar-refractivity contribution in [1.29, 1.82) is 0 Å². The van der Waals surface area contributed by atoms with Gasteiger partial charge in [0.25, 0.3) is 0 Å². The van der Waals surface area contributed by atoms with Gasteiger partial charge >= 0.3 is 0 Å². The lowest BCUT2D eigenvalue weighted by molar-refractivity contribution is 0.903. The van der Waals surface area contributed by atoms with Crippen molar-refractivity contribution >= 4 is 44.9 Å². The van der Waals surface area contributed by atoms with Crippen LogP contribution in [0.2, 0.25) is 5.02 Å². The molecule has 0 aliphatic heterocycles. The average Bonchev–Trinajstić information content (AvgIpc) is 2.80. The van der Waals surface area contributed by atoms with Crippen molar-refractivity contribution in [3.05, 3.63) is 45.8 Å². The number of nitrogens with two attached hydrogens (primary N) is 1. The molecule has 108 valence electrons. The van der Waals surface area contributed by atoms with Crippen molar-refractivity contribution in [3.8, 4) is 0 Å². The van der Waals surface area contributed by atoms with Gasteiger partial charge in [0.05, 0.1) is 5.39 Å². The molecule has 0 aliphatic carbocycles. The summed E-state index contributed by atoms with van der Waals surface area (Å²) in [5, 5.41) is 1.78. The molecule has 4 nitrogen and oxygen atoms in total. The predicted octanol–water partition coefficient (Wildman–Crippen LogP) is 3.87. The maximum absolute atomic E-state index is 5.92. The fourth-order valence-corrected chi connectivity index (χ4v) is 3.28. The summed E-state index contributed by atoms with van der Waals surface area (Å²) in [5.74, 6) is 1.17. The van der Waals surface area contributed by atoms with E-state index in [1.54, 1.807) is 11.3 Å². The molecule has 3 aromatic rings. The smallest absolute Gasteiger partial charge is 0.223 e. The summed E-state index contributed by atoms with van der Waals surface area (Å²) in [4.78, 5) is 12.9. The zero-order chi connectivity index (χ0) is 15.0. The number of nitrogen functional groups attached to an aromatic ring is 1. The average molecular weight is 319 g/mol. The quantitative estimate of drug-likeness (QED) is 0.796. The molecule has 0 amide bonds. The summed E-state index contributed by atoms with van der Waals surface area (Å²) in [6.45, 7) is 2.79. The van der Waals surface area contributed by atoms with E-state index in [2.05, 4.69) is 27.9 Å². The summed E-state index contributed by atoms with van der Waals surface area (Å²) < 4.78 is 0. The Morgan fingerprint density at radius 2 is 1.95 bits per heavy atom. The first-order valence-electron chi connectivity index (χ1n) is 6.52. The number of nitrogens with zero attached hydrogens (tertiary/aromatic N) is 3. The summed E-state index contributed by atoms with van der Waals surface area (Å²) >= 11 is 7.55. The van der Waals surface area contributed by atoms with Gasteiger partial charge in [-0.15, -0.1) is 11.3 Å². The van der Waals surface area contributed by atoms with Crippen LogP contribution in [0.1, 0.15) is 10.4 Å². The second-order valence-electron chi connectivity index (χ2n) is 4.96. The third-order valence-corrected chi connectivity index (χ3v) is 4.40. The first kappa shape index (κ1) is 14.1. The lowest BCUT2D eigenvalue weighted by Crippen LogP contribution is -2.18. The number of thiophene rings is 1. The Kier molecular flexibility index (Phi) is 3.69. The second-order valence-corrected chi connectivity index (χ2v) is 6.64. The van der Waals surface area contributed by atoms with Gasteiger partial charge < -0.3 is 10.6 Å². The first-order valence-corrected chi connectivity index (χ1v) is 7.71. The number of fused-ring (bicyclic) bond motifs is 1. The Balaban J connectivity index is 1.97. The number of benzene rings is 1. The van der Waals surface area contributed by atoms with Crippen LogP contribution in [0.3, 0.4) is 0 Å². The highest BCUT2D eigenvalue weighted by molar-refractivity contribution is 7.18. The monoisotopic (exact) mass is 318 g/mol.